The number of carbonyl (C=O) groups is 1. The SMILES string of the molecule is CC(C)CC1(C(=O)NCC(F)(F)CN)CCCC1. The Morgan fingerprint density at radius 3 is 2.39 bits per heavy atom. The van der Waals surface area contributed by atoms with E-state index in [1.165, 1.54) is 0 Å². The number of hydrogen-bond donors (Lipinski definition) is 2. The fourth-order valence-electron chi connectivity index (χ4n) is 2.83. The Hall–Kier alpha value is -0.710. The largest absolute Gasteiger partial charge is 0.350 e. The van der Waals surface area contributed by atoms with Gasteiger partial charge in [0.15, 0.2) is 0 Å². The molecule has 3 N–H and O–H groups in total. The summed E-state index contributed by atoms with van der Waals surface area (Å²) in [5.74, 6) is -2.83. The highest BCUT2D eigenvalue weighted by Gasteiger charge is 2.42. The van der Waals surface area contributed by atoms with E-state index in [0.717, 1.165) is 32.1 Å². The molecule has 1 amide bonds. The molecule has 0 saturated heterocycles. The average Bonchev–Trinajstić information content (AvgIpc) is 2.75. The third kappa shape index (κ3) is 3.90. The molecule has 18 heavy (non-hydrogen) atoms. The van der Waals surface area contributed by atoms with Gasteiger partial charge in [-0.1, -0.05) is 26.7 Å². The predicted molar refractivity (Wildman–Crippen MR) is 67.4 cm³/mol. The number of alkyl halides is 2. The first-order valence-electron chi connectivity index (χ1n) is 6.67. The van der Waals surface area contributed by atoms with Crippen LogP contribution < -0.4 is 11.1 Å². The first-order chi connectivity index (χ1) is 8.31. The number of rotatable bonds is 6. The molecule has 1 aliphatic carbocycles. The summed E-state index contributed by atoms with van der Waals surface area (Å²) in [6.07, 6.45) is 4.41. The van der Waals surface area contributed by atoms with Gasteiger partial charge in [-0.05, 0) is 25.2 Å². The Balaban J connectivity index is 2.61. The molecule has 0 radical (unpaired) electrons. The summed E-state index contributed by atoms with van der Waals surface area (Å²) in [6, 6.07) is 0. The van der Waals surface area contributed by atoms with E-state index in [1.54, 1.807) is 0 Å². The Labute approximate surface area is 107 Å². The van der Waals surface area contributed by atoms with E-state index >= 15 is 0 Å². The van der Waals surface area contributed by atoms with Crippen LogP contribution in [0, 0.1) is 11.3 Å². The fourth-order valence-corrected chi connectivity index (χ4v) is 2.83. The van der Waals surface area contributed by atoms with Crippen LogP contribution in [0.5, 0.6) is 0 Å². The molecule has 1 saturated carbocycles. The first-order valence-corrected chi connectivity index (χ1v) is 6.67. The summed E-state index contributed by atoms with van der Waals surface area (Å²) in [7, 11) is 0. The van der Waals surface area contributed by atoms with Gasteiger partial charge < -0.3 is 11.1 Å². The second-order valence-corrected chi connectivity index (χ2v) is 5.83. The first kappa shape index (κ1) is 15.3. The van der Waals surface area contributed by atoms with Gasteiger partial charge in [0.05, 0.1) is 13.1 Å². The molecule has 0 heterocycles. The van der Waals surface area contributed by atoms with Gasteiger partial charge in [-0.3, -0.25) is 4.79 Å². The van der Waals surface area contributed by atoms with E-state index in [1.807, 2.05) is 0 Å². The number of carbonyl (C=O) groups excluding carboxylic acids is 1. The van der Waals surface area contributed by atoms with Crippen molar-refractivity contribution in [3.05, 3.63) is 0 Å². The minimum Gasteiger partial charge on any atom is -0.350 e. The van der Waals surface area contributed by atoms with Crippen molar-refractivity contribution in [2.45, 2.75) is 51.9 Å². The van der Waals surface area contributed by atoms with Crippen LogP contribution in [0.1, 0.15) is 46.0 Å². The van der Waals surface area contributed by atoms with E-state index in [2.05, 4.69) is 19.2 Å². The van der Waals surface area contributed by atoms with Crippen molar-refractivity contribution >= 4 is 5.91 Å². The summed E-state index contributed by atoms with van der Waals surface area (Å²) < 4.78 is 26.1. The maximum absolute atomic E-state index is 13.0. The highest BCUT2D eigenvalue weighted by atomic mass is 19.3. The molecule has 0 spiro atoms. The molecular weight excluding hydrogens is 238 g/mol. The summed E-state index contributed by atoms with van der Waals surface area (Å²) in [4.78, 5) is 12.2. The molecule has 0 unspecified atom stereocenters. The van der Waals surface area contributed by atoms with Gasteiger partial charge in [-0.25, -0.2) is 8.78 Å². The van der Waals surface area contributed by atoms with Crippen LogP contribution in [0.3, 0.4) is 0 Å². The molecule has 0 aromatic heterocycles. The lowest BCUT2D eigenvalue weighted by atomic mass is 9.77. The third-order valence-electron chi connectivity index (χ3n) is 3.65. The molecule has 5 heteroatoms. The van der Waals surface area contributed by atoms with Crippen molar-refractivity contribution in [1.82, 2.24) is 5.32 Å². The van der Waals surface area contributed by atoms with Crippen LogP contribution in [0.2, 0.25) is 0 Å². The van der Waals surface area contributed by atoms with Crippen LogP contribution >= 0.6 is 0 Å². The second kappa shape index (κ2) is 5.95. The lowest BCUT2D eigenvalue weighted by Gasteiger charge is -2.30. The minimum atomic E-state index is -3.01. The zero-order valence-corrected chi connectivity index (χ0v) is 11.3. The minimum absolute atomic E-state index is 0.221. The maximum atomic E-state index is 13.0. The molecule has 1 fully saturated rings. The monoisotopic (exact) mass is 262 g/mol. The summed E-state index contributed by atoms with van der Waals surface area (Å²) >= 11 is 0. The zero-order chi connectivity index (χ0) is 13.8. The summed E-state index contributed by atoms with van der Waals surface area (Å²) in [5, 5.41) is 2.39. The van der Waals surface area contributed by atoms with E-state index < -0.39 is 24.4 Å². The van der Waals surface area contributed by atoms with E-state index in [4.69, 9.17) is 5.73 Å². The van der Waals surface area contributed by atoms with Crippen molar-refractivity contribution in [2.75, 3.05) is 13.1 Å². The Kier molecular flexibility index (Phi) is 5.08. The number of halogens is 2. The van der Waals surface area contributed by atoms with Gasteiger partial charge in [0.25, 0.3) is 5.92 Å². The van der Waals surface area contributed by atoms with Crippen molar-refractivity contribution in [1.29, 1.82) is 0 Å². The van der Waals surface area contributed by atoms with Gasteiger partial charge >= 0.3 is 0 Å². The molecular formula is C13H24F2N2O. The number of hydrogen-bond acceptors (Lipinski definition) is 2. The predicted octanol–water partition coefficient (Wildman–Crippen LogP) is 2.30. The van der Waals surface area contributed by atoms with E-state index in [0.29, 0.717) is 5.92 Å². The second-order valence-electron chi connectivity index (χ2n) is 5.83. The van der Waals surface area contributed by atoms with Crippen molar-refractivity contribution in [3.8, 4) is 0 Å². The number of nitrogens with one attached hydrogen (secondary N) is 1. The molecule has 1 rings (SSSR count). The highest BCUT2D eigenvalue weighted by Crippen LogP contribution is 2.43. The van der Waals surface area contributed by atoms with Gasteiger partial charge in [0.2, 0.25) is 5.91 Å². The molecule has 0 bridgehead atoms. The lowest BCUT2D eigenvalue weighted by Crippen LogP contribution is -2.47. The normalized spacial score (nSPS) is 19.2. The smallest absolute Gasteiger partial charge is 0.277 e. The van der Waals surface area contributed by atoms with Crippen LogP contribution in [0.15, 0.2) is 0 Å². The van der Waals surface area contributed by atoms with E-state index in [-0.39, 0.29) is 5.91 Å². The van der Waals surface area contributed by atoms with Gasteiger partial charge in [0, 0.05) is 5.41 Å². The molecule has 0 atom stereocenters. The van der Waals surface area contributed by atoms with Crippen molar-refractivity contribution in [3.63, 3.8) is 0 Å². The van der Waals surface area contributed by atoms with Gasteiger partial charge in [-0.15, -0.1) is 0 Å². The van der Waals surface area contributed by atoms with Crippen LogP contribution in [0.4, 0.5) is 8.78 Å². The fraction of sp³-hybridized carbons (Fsp3) is 0.923. The van der Waals surface area contributed by atoms with Crippen LogP contribution in [-0.4, -0.2) is 24.9 Å². The average molecular weight is 262 g/mol. The molecule has 1 aliphatic rings. The molecule has 3 nitrogen and oxygen atoms in total. The van der Waals surface area contributed by atoms with Crippen LogP contribution in [0.25, 0.3) is 0 Å². The van der Waals surface area contributed by atoms with Gasteiger partial charge in [0.1, 0.15) is 0 Å². The Morgan fingerprint density at radius 2 is 1.94 bits per heavy atom. The van der Waals surface area contributed by atoms with Crippen molar-refractivity contribution < 1.29 is 13.6 Å². The van der Waals surface area contributed by atoms with Gasteiger partial charge in [-0.2, -0.15) is 0 Å². The zero-order valence-electron chi connectivity index (χ0n) is 11.3. The number of amides is 1. The molecule has 0 aliphatic heterocycles. The lowest BCUT2D eigenvalue weighted by molar-refractivity contribution is -0.133. The molecule has 0 aromatic rings. The van der Waals surface area contributed by atoms with Crippen molar-refractivity contribution in [2.24, 2.45) is 17.1 Å². The summed E-state index contributed by atoms with van der Waals surface area (Å²) in [5.41, 5.74) is 4.53. The quantitative estimate of drug-likeness (QED) is 0.771. The molecule has 106 valence electrons. The van der Waals surface area contributed by atoms with Crippen LogP contribution in [-0.2, 0) is 4.79 Å². The topological polar surface area (TPSA) is 55.1 Å². The third-order valence-corrected chi connectivity index (χ3v) is 3.65. The summed E-state index contributed by atoms with van der Waals surface area (Å²) in [6.45, 7) is 2.73. The highest BCUT2D eigenvalue weighted by molar-refractivity contribution is 5.83. The number of nitrogens with two attached hydrogens (primary N) is 1. The maximum Gasteiger partial charge on any atom is 0.277 e. The Morgan fingerprint density at radius 1 is 1.39 bits per heavy atom. The molecule has 0 aromatic carbocycles. The Bertz CT molecular complexity index is 287. The van der Waals surface area contributed by atoms with E-state index in [9.17, 15) is 13.6 Å². The standard InChI is InChI=1S/C13H24F2N2O/c1-10(2)7-12(5-3-4-6-12)11(18)17-9-13(14,15)8-16/h10H,3-9,16H2,1-2H3,(H,17,18).